The fourth-order valence-corrected chi connectivity index (χ4v) is 1.74. The Hall–Kier alpha value is -1.88. The van der Waals surface area contributed by atoms with E-state index in [1.165, 1.54) is 7.11 Å². The number of hydrogen-bond donors (Lipinski definition) is 1. The predicted octanol–water partition coefficient (Wildman–Crippen LogP) is 1.17. The van der Waals surface area contributed by atoms with Crippen LogP contribution in [0.4, 0.5) is 0 Å². The summed E-state index contributed by atoms with van der Waals surface area (Å²) in [5, 5.41) is 0. The number of nitrogens with zero attached hydrogens (tertiary/aromatic N) is 2. The van der Waals surface area contributed by atoms with Crippen molar-refractivity contribution in [3.63, 3.8) is 0 Å². The number of esters is 1. The third-order valence-electron chi connectivity index (χ3n) is 2.65. The molecule has 0 aliphatic rings. The fourth-order valence-electron chi connectivity index (χ4n) is 1.74. The Balaban J connectivity index is 2.39. The number of nitrogens with two attached hydrogens (primary N) is 1. The van der Waals surface area contributed by atoms with Crippen LogP contribution in [0.2, 0.25) is 0 Å². The van der Waals surface area contributed by atoms with Crippen LogP contribution >= 0.6 is 0 Å². The highest BCUT2D eigenvalue weighted by atomic mass is 16.5. The number of carbonyl (C=O) groups is 1. The Labute approximate surface area is 99.2 Å². The third-order valence-corrected chi connectivity index (χ3v) is 2.65. The summed E-state index contributed by atoms with van der Waals surface area (Å²) >= 11 is 0. The maximum atomic E-state index is 11.4. The molecule has 2 aromatic rings. The first kappa shape index (κ1) is 11.6. The number of methoxy groups -OCH3 is 1. The van der Waals surface area contributed by atoms with E-state index in [4.69, 9.17) is 10.5 Å². The molecule has 0 fully saturated rings. The normalized spacial score (nSPS) is 10.7. The summed E-state index contributed by atoms with van der Waals surface area (Å²) in [6.07, 6.45) is 2.65. The van der Waals surface area contributed by atoms with Gasteiger partial charge < -0.3 is 15.0 Å². The summed E-state index contributed by atoms with van der Waals surface area (Å²) < 4.78 is 6.69. The average molecular weight is 233 g/mol. The van der Waals surface area contributed by atoms with Gasteiger partial charge in [0.05, 0.1) is 30.0 Å². The van der Waals surface area contributed by atoms with Gasteiger partial charge in [0, 0.05) is 6.54 Å². The van der Waals surface area contributed by atoms with Gasteiger partial charge in [-0.1, -0.05) is 0 Å². The van der Waals surface area contributed by atoms with Crippen molar-refractivity contribution in [1.82, 2.24) is 9.55 Å². The molecule has 1 aromatic heterocycles. The van der Waals surface area contributed by atoms with Crippen LogP contribution in [0.3, 0.4) is 0 Å². The summed E-state index contributed by atoms with van der Waals surface area (Å²) in [7, 11) is 1.37. The summed E-state index contributed by atoms with van der Waals surface area (Å²) in [6.45, 7) is 1.44. The van der Waals surface area contributed by atoms with Crippen molar-refractivity contribution < 1.29 is 9.53 Å². The van der Waals surface area contributed by atoms with Gasteiger partial charge in [-0.25, -0.2) is 9.78 Å². The quantitative estimate of drug-likeness (QED) is 0.805. The van der Waals surface area contributed by atoms with Gasteiger partial charge in [-0.15, -0.1) is 0 Å². The third kappa shape index (κ3) is 2.29. The molecule has 2 rings (SSSR count). The lowest BCUT2D eigenvalue weighted by Gasteiger charge is -2.04. The number of hydrogen-bond acceptors (Lipinski definition) is 4. The highest BCUT2D eigenvalue weighted by Crippen LogP contribution is 2.16. The number of carbonyl (C=O) groups excluding carboxylic acids is 1. The van der Waals surface area contributed by atoms with Gasteiger partial charge in [0.2, 0.25) is 0 Å². The Morgan fingerprint density at radius 2 is 2.35 bits per heavy atom. The molecule has 90 valence electrons. The summed E-state index contributed by atoms with van der Waals surface area (Å²) in [5.41, 5.74) is 7.82. The van der Waals surface area contributed by atoms with E-state index >= 15 is 0 Å². The van der Waals surface area contributed by atoms with Crippen molar-refractivity contribution in [2.45, 2.75) is 13.0 Å². The first-order valence-corrected chi connectivity index (χ1v) is 5.49. The van der Waals surface area contributed by atoms with Crippen LogP contribution in [-0.4, -0.2) is 29.2 Å². The minimum Gasteiger partial charge on any atom is -0.465 e. The summed E-state index contributed by atoms with van der Waals surface area (Å²) in [4.78, 5) is 15.7. The fraction of sp³-hybridized carbons (Fsp3) is 0.333. The number of imidazole rings is 1. The molecule has 0 unspecified atom stereocenters. The van der Waals surface area contributed by atoms with Gasteiger partial charge in [-0.2, -0.15) is 0 Å². The maximum Gasteiger partial charge on any atom is 0.337 e. The average Bonchev–Trinajstić information content (AvgIpc) is 2.77. The van der Waals surface area contributed by atoms with E-state index in [0.29, 0.717) is 12.1 Å². The van der Waals surface area contributed by atoms with Crippen molar-refractivity contribution in [3.8, 4) is 0 Å². The Kier molecular flexibility index (Phi) is 3.39. The zero-order chi connectivity index (χ0) is 12.3. The minimum absolute atomic E-state index is 0.335. The second-order valence-corrected chi connectivity index (χ2v) is 3.78. The molecule has 0 aliphatic heterocycles. The van der Waals surface area contributed by atoms with E-state index in [9.17, 15) is 4.79 Å². The summed E-state index contributed by atoms with van der Waals surface area (Å²) in [5.74, 6) is -0.335. The second-order valence-electron chi connectivity index (χ2n) is 3.78. The molecule has 1 heterocycles. The highest BCUT2D eigenvalue weighted by Gasteiger charge is 2.08. The molecular weight excluding hydrogens is 218 g/mol. The maximum absolute atomic E-state index is 11.4. The van der Waals surface area contributed by atoms with Crippen LogP contribution in [0, 0.1) is 0 Å². The second kappa shape index (κ2) is 4.97. The lowest BCUT2D eigenvalue weighted by Crippen LogP contribution is -2.05. The Morgan fingerprint density at radius 1 is 1.53 bits per heavy atom. The van der Waals surface area contributed by atoms with E-state index in [2.05, 4.69) is 4.98 Å². The van der Waals surface area contributed by atoms with Crippen LogP contribution in [0.15, 0.2) is 24.5 Å². The van der Waals surface area contributed by atoms with Gasteiger partial charge in [0.15, 0.2) is 0 Å². The minimum atomic E-state index is -0.335. The first-order chi connectivity index (χ1) is 8.26. The molecule has 17 heavy (non-hydrogen) atoms. The Morgan fingerprint density at radius 3 is 3.06 bits per heavy atom. The number of ether oxygens (including phenoxy) is 1. The molecule has 1 aromatic carbocycles. The molecule has 0 saturated carbocycles. The lowest BCUT2D eigenvalue weighted by molar-refractivity contribution is 0.0601. The lowest BCUT2D eigenvalue weighted by atomic mass is 10.2. The standard InChI is InChI=1S/C12H15N3O2/c1-17-12(16)9-3-4-10-11(7-9)15(8-14-10)6-2-5-13/h3-4,7-8H,2,5-6,13H2,1H3. The molecule has 5 nitrogen and oxygen atoms in total. The van der Waals surface area contributed by atoms with Gasteiger partial charge in [-0.05, 0) is 31.2 Å². The zero-order valence-electron chi connectivity index (χ0n) is 9.72. The molecule has 0 radical (unpaired) electrons. The van der Waals surface area contributed by atoms with E-state index in [-0.39, 0.29) is 5.97 Å². The molecule has 0 bridgehead atoms. The van der Waals surface area contributed by atoms with Crippen LogP contribution in [-0.2, 0) is 11.3 Å². The van der Waals surface area contributed by atoms with E-state index in [1.54, 1.807) is 18.5 Å². The van der Waals surface area contributed by atoms with Crippen molar-refractivity contribution in [2.24, 2.45) is 5.73 Å². The monoisotopic (exact) mass is 233 g/mol. The van der Waals surface area contributed by atoms with Crippen molar-refractivity contribution in [2.75, 3.05) is 13.7 Å². The van der Waals surface area contributed by atoms with Gasteiger partial charge in [0.25, 0.3) is 0 Å². The van der Waals surface area contributed by atoms with Gasteiger partial charge >= 0.3 is 5.97 Å². The number of rotatable bonds is 4. The Bertz CT molecular complexity index is 534. The molecular formula is C12H15N3O2. The molecule has 2 N–H and O–H groups in total. The highest BCUT2D eigenvalue weighted by molar-refractivity contribution is 5.93. The SMILES string of the molecule is COC(=O)c1ccc2ncn(CCCN)c2c1. The first-order valence-electron chi connectivity index (χ1n) is 5.49. The van der Waals surface area contributed by atoms with Gasteiger partial charge in [0.1, 0.15) is 0 Å². The van der Waals surface area contributed by atoms with Crippen molar-refractivity contribution in [3.05, 3.63) is 30.1 Å². The van der Waals surface area contributed by atoms with E-state index in [0.717, 1.165) is 24.0 Å². The summed E-state index contributed by atoms with van der Waals surface area (Å²) in [6, 6.07) is 5.33. The largest absolute Gasteiger partial charge is 0.465 e. The zero-order valence-corrected chi connectivity index (χ0v) is 9.72. The van der Waals surface area contributed by atoms with Crippen LogP contribution < -0.4 is 5.73 Å². The smallest absolute Gasteiger partial charge is 0.337 e. The number of aryl methyl sites for hydroxylation is 1. The van der Waals surface area contributed by atoms with E-state index < -0.39 is 0 Å². The number of benzene rings is 1. The molecule has 0 spiro atoms. The van der Waals surface area contributed by atoms with Crippen molar-refractivity contribution in [1.29, 1.82) is 0 Å². The number of aromatic nitrogens is 2. The topological polar surface area (TPSA) is 70.1 Å². The number of fused-ring (bicyclic) bond motifs is 1. The van der Waals surface area contributed by atoms with Crippen LogP contribution in [0.25, 0.3) is 11.0 Å². The van der Waals surface area contributed by atoms with Crippen LogP contribution in [0.1, 0.15) is 16.8 Å². The predicted molar refractivity (Wildman–Crippen MR) is 64.7 cm³/mol. The van der Waals surface area contributed by atoms with Crippen molar-refractivity contribution >= 4 is 17.0 Å². The molecule has 0 atom stereocenters. The molecule has 0 amide bonds. The van der Waals surface area contributed by atoms with E-state index in [1.807, 2.05) is 10.6 Å². The molecule has 5 heteroatoms. The van der Waals surface area contributed by atoms with Crippen LogP contribution in [0.5, 0.6) is 0 Å². The molecule has 0 saturated heterocycles. The van der Waals surface area contributed by atoms with Gasteiger partial charge in [-0.3, -0.25) is 0 Å². The molecule has 0 aliphatic carbocycles.